The van der Waals surface area contributed by atoms with E-state index in [-0.39, 0.29) is 25.8 Å². The molecule has 1 aliphatic rings. The fourth-order valence-corrected chi connectivity index (χ4v) is 1.68. The van der Waals surface area contributed by atoms with Gasteiger partial charge in [-0.2, -0.15) is 0 Å². The molecule has 0 atom stereocenters. The molecular formula is C12H14Hf. The Morgan fingerprint density at radius 1 is 1.15 bits per heavy atom. The van der Waals surface area contributed by atoms with Gasteiger partial charge in [-0.15, -0.1) is 0 Å². The van der Waals surface area contributed by atoms with Crippen LogP contribution in [0.2, 0.25) is 0 Å². The summed E-state index contributed by atoms with van der Waals surface area (Å²) >= 11 is 0. The Hall–Kier alpha value is -0.170. The largest absolute Gasteiger partial charge is 0.0626 e. The van der Waals surface area contributed by atoms with Crippen molar-refractivity contribution < 1.29 is 25.8 Å². The summed E-state index contributed by atoms with van der Waals surface area (Å²) in [6, 6.07) is 8.65. The third-order valence-corrected chi connectivity index (χ3v) is 2.53. The molecule has 0 N–H and O–H groups in total. The van der Waals surface area contributed by atoms with Gasteiger partial charge >= 0.3 is 0 Å². The van der Waals surface area contributed by atoms with Gasteiger partial charge in [0.1, 0.15) is 0 Å². The van der Waals surface area contributed by atoms with E-state index in [0.717, 1.165) is 6.42 Å². The second kappa shape index (κ2) is 4.36. The van der Waals surface area contributed by atoms with Gasteiger partial charge in [0.05, 0.1) is 0 Å². The van der Waals surface area contributed by atoms with Crippen LogP contribution in [0.1, 0.15) is 25.0 Å². The monoisotopic (exact) mass is 338 g/mol. The first kappa shape index (κ1) is 10.9. The fraction of sp³-hybridized carbons (Fsp3) is 0.333. The minimum Gasteiger partial charge on any atom is -0.0626 e. The quantitative estimate of drug-likeness (QED) is 0.690. The van der Waals surface area contributed by atoms with Crippen LogP contribution < -0.4 is 0 Å². The molecule has 13 heavy (non-hydrogen) atoms. The Morgan fingerprint density at radius 3 is 2.46 bits per heavy atom. The molecule has 1 heteroatoms. The maximum atomic E-state index is 2.33. The molecule has 66 valence electrons. The zero-order chi connectivity index (χ0) is 8.55. The average Bonchev–Trinajstić information content (AvgIpc) is 2.46. The molecule has 0 spiro atoms. The topological polar surface area (TPSA) is 0 Å². The summed E-state index contributed by atoms with van der Waals surface area (Å²) in [6.45, 7) is 4.52. The van der Waals surface area contributed by atoms with E-state index in [1.807, 2.05) is 0 Å². The molecule has 0 aliphatic heterocycles. The van der Waals surface area contributed by atoms with Crippen LogP contribution in [-0.4, -0.2) is 0 Å². The molecule has 1 aromatic rings. The van der Waals surface area contributed by atoms with Crippen molar-refractivity contribution in [2.24, 2.45) is 5.92 Å². The molecule has 0 saturated carbocycles. The van der Waals surface area contributed by atoms with E-state index in [9.17, 15) is 0 Å². The second-order valence-corrected chi connectivity index (χ2v) is 3.75. The Bertz CT molecular complexity index is 324. The van der Waals surface area contributed by atoms with Gasteiger partial charge in [0.25, 0.3) is 0 Å². The molecule has 1 aromatic carbocycles. The predicted octanol–water partition coefficient (Wildman–Crippen LogP) is 3.28. The van der Waals surface area contributed by atoms with Gasteiger partial charge in [0, 0.05) is 25.8 Å². The van der Waals surface area contributed by atoms with Crippen LogP contribution in [0.5, 0.6) is 0 Å². The molecule has 0 radical (unpaired) electrons. The van der Waals surface area contributed by atoms with Crippen molar-refractivity contribution in [1.82, 2.24) is 0 Å². The summed E-state index contributed by atoms with van der Waals surface area (Å²) < 4.78 is 0. The summed E-state index contributed by atoms with van der Waals surface area (Å²) in [5, 5.41) is 0. The normalized spacial score (nSPS) is 13.6. The zero-order valence-electron chi connectivity index (χ0n) is 8.17. The van der Waals surface area contributed by atoms with E-state index in [1.165, 1.54) is 11.1 Å². The molecule has 0 bridgehead atoms. The molecule has 0 fully saturated rings. The maximum absolute atomic E-state index is 2.33. The van der Waals surface area contributed by atoms with Crippen molar-refractivity contribution in [2.45, 2.75) is 20.3 Å². The van der Waals surface area contributed by atoms with Gasteiger partial charge in [-0.1, -0.05) is 49.8 Å². The van der Waals surface area contributed by atoms with Gasteiger partial charge in [0.2, 0.25) is 0 Å². The van der Waals surface area contributed by atoms with Gasteiger partial charge < -0.3 is 0 Å². The average molecular weight is 337 g/mol. The summed E-state index contributed by atoms with van der Waals surface area (Å²) in [5.74, 6) is 0.692. The first-order chi connectivity index (χ1) is 5.77. The zero-order valence-corrected chi connectivity index (χ0v) is 11.8. The maximum Gasteiger partial charge on any atom is 0 e. The van der Waals surface area contributed by atoms with E-state index in [1.54, 1.807) is 5.57 Å². The SMILES string of the molecule is CC(C)C1=Cc2ccccc2C1.[Hf]. The standard InChI is InChI=1S/C12H14.Hf/c1-9(2)12-7-10-5-3-4-6-11(10)8-12;/h3-7,9H,8H2,1-2H3;. The van der Waals surface area contributed by atoms with Crippen molar-refractivity contribution in [3.05, 3.63) is 41.0 Å². The van der Waals surface area contributed by atoms with Crippen molar-refractivity contribution in [2.75, 3.05) is 0 Å². The molecule has 0 amide bonds. The van der Waals surface area contributed by atoms with Gasteiger partial charge in [-0.25, -0.2) is 0 Å². The van der Waals surface area contributed by atoms with Crippen LogP contribution in [0.25, 0.3) is 6.08 Å². The Labute approximate surface area is 98.8 Å². The molecule has 0 heterocycles. The van der Waals surface area contributed by atoms with Crippen molar-refractivity contribution in [3.8, 4) is 0 Å². The number of benzene rings is 1. The van der Waals surface area contributed by atoms with Gasteiger partial charge in [-0.3, -0.25) is 0 Å². The first-order valence-electron chi connectivity index (χ1n) is 4.56. The number of fused-ring (bicyclic) bond motifs is 1. The third kappa shape index (κ3) is 2.19. The van der Waals surface area contributed by atoms with Crippen LogP contribution in [0, 0.1) is 5.92 Å². The molecular weight excluding hydrogens is 323 g/mol. The van der Waals surface area contributed by atoms with E-state index >= 15 is 0 Å². The second-order valence-electron chi connectivity index (χ2n) is 3.75. The van der Waals surface area contributed by atoms with E-state index in [2.05, 4.69) is 44.2 Å². The number of allylic oxidation sites excluding steroid dienone is 1. The molecule has 2 rings (SSSR count). The summed E-state index contributed by atoms with van der Waals surface area (Å²) in [5.41, 5.74) is 4.47. The number of hydrogen-bond acceptors (Lipinski definition) is 0. The summed E-state index contributed by atoms with van der Waals surface area (Å²) in [7, 11) is 0. The Morgan fingerprint density at radius 2 is 1.85 bits per heavy atom. The van der Waals surface area contributed by atoms with Crippen LogP contribution in [-0.2, 0) is 32.3 Å². The van der Waals surface area contributed by atoms with Crippen LogP contribution in [0.15, 0.2) is 29.8 Å². The van der Waals surface area contributed by atoms with Gasteiger partial charge in [0.15, 0.2) is 0 Å². The minimum atomic E-state index is 0. The van der Waals surface area contributed by atoms with Crippen molar-refractivity contribution in [3.63, 3.8) is 0 Å². The minimum absolute atomic E-state index is 0. The number of rotatable bonds is 1. The molecule has 0 saturated heterocycles. The summed E-state index contributed by atoms with van der Waals surface area (Å²) in [4.78, 5) is 0. The van der Waals surface area contributed by atoms with Crippen LogP contribution >= 0.6 is 0 Å². The van der Waals surface area contributed by atoms with Crippen LogP contribution in [0.4, 0.5) is 0 Å². The number of hydrogen-bond donors (Lipinski definition) is 0. The Kier molecular flexibility index (Phi) is 3.66. The molecule has 0 nitrogen and oxygen atoms in total. The molecule has 0 aromatic heterocycles. The molecule has 1 aliphatic carbocycles. The van der Waals surface area contributed by atoms with E-state index in [0.29, 0.717) is 5.92 Å². The van der Waals surface area contributed by atoms with E-state index in [4.69, 9.17) is 0 Å². The smallest absolute Gasteiger partial charge is 0 e. The van der Waals surface area contributed by atoms with Crippen molar-refractivity contribution >= 4 is 6.08 Å². The third-order valence-electron chi connectivity index (χ3n) is 2.53. The first-order valence-corrected chi connectivity index (χ1v) is 4.56. The predicted molar refractivity (Wildman–Crippen MR) is 53.0 cm³/mol. The van der Waals surface area contributed by atoms with E-state index < -0.39 is 0 Å². The van der Waals surface area contributed by atoms with Gasteiger partial charge in [-0.05, 0) is 23.5 Å². The fourth-order valence-electron chi connectivity index (χ4n) is 1.68. The Balaban J connectivity index is 0.000000845. The summed E-state index contributed by atoms with van der Waals surface area (Å²) in [6.07, 6.45) is 3.49. The van der Waals surface area contributed by atoms with Crippen molar-refractivity contribution in [1.29, 1.82) is 0 Å². The van der Waals surface area contributed by atoms with Crippen LogP contribution in [0.3, 0.4) is 0 Å². The molecule has 0 unspecified atom stereocenters.